The Morgan fingerprint density at radius 3 is 2.48 bits per heavy atom. The highest BCUT2D eigenvalue weighted by Crippen LogP contribution is 2.16. The molecule has 0 saturated heterocycles. The number of carbonyl (C=O) groups is 2. The summed E-state index contributed by atoms with van der Waals surface area (Å²) in [6.07, 6.45) is 6.22. The molecule has 112 valence electrons. The zero-order chi connectivity index (χ0) is 15.7. The molecule has 0 radical (unpaired) electrons. The van der Waals surface area contributed by atoms with Gasteiger partial charge in [0.15, 0.2) is 0 Å². The predicted octanol–water partition coefficient (Wildman–Crippen LogP) is 2.30. The Morgan fingerprint density at radius 1 is 1.29 bits per heavy atom. The van der Waals surface area contributed by atoms with E-state index in [9.17, 15) is 9.59 Å². The third-order valence-electron chi connectivity index (χ3n) is 3.08. The van der Waals surface area contributed by atoms with Gasteiger partial charge in [-0.1, -0.05) is 37.3 Å². The van der Waals surface area contributed by atoms with Crippen molar-refractivity contribution >= 4 is 12.0 Å². The third kappa shape index (κ3) is 6.00. The van der Waals surface area contributed by atoms with Crippen molar-refractivity contribution in [1.82, 2.24) is 10.6 Å². The van der Waals surface area contributed by atoms with Gasteiger partial charge in [-0.2, -0.15) is 0 Å². The summed E-state index contributed by atoms with van der Waals surface area (Å²) in [5.74, 6) is 1.53. The molecule has 0 heterocycles. The topological polar surface area (TPSA) is 78.4 Å². The molecule has 0 aliphatic rings. The number of hydrogen-bond acceptors (Lipinski definition) is 2. The highest BCUT2D eigenvalue weighted by atomic mass is 16.4. The SMILES string of the molecule is C#CCC(CC)NC(=O)NC(CC(=O)O)c1ccccc1. The minimum Gasteiger partial charge on any atom is -0.481 e. The molecule has 0 bridgehead atoms. The molecule has 3 N–H and O–H groups in total. The molecule has 1 aromatic carbocycles. The molecule has 1 rings (SSSR count). The molecule has 5 nitrogen and oxygen atoms in total. The number of urea groups is 1. The van der Waals surface area contributed by atoms with Crippen molar-refractivity contribution in [3.05, 3.63) is 35.9 Å². The summed E-state index contributed by atoms with van der Waals surface area (Å²) < 4.78 is 0. The second-order valence-corrected chi connectivity index (χ2v) is 4.69. The first-order chi connectivity index (χ1) is 10.1. The normalized spacial score (nSPS) is 12.8. The maximum absolute atomic E-state index is 12.0. The Kier molecular flexibility index (Phi) is 6.82. The molecule has 2 atom stereocenters. The lowest BCUT2D eigenvalue weighted by Gasteiger charge is -2.20. The van der Waals surface area contributed by atoms with Crippen molar-refractivity contribution in [1.29, 1.82) is 0 Å². The van der Waals surface area contributed by atoms with Crippen LogP contribution in [0.1, 0.15) is 37.8 Å². The zero-order valence-electron chi connectivity index (χ0n) is 12.0. The van der Waals surface area contributed by atoms with Crippen molar-refractivity contribution < 1.29 is 14.7 Å². The molecule has 0 saturated carbocycles. The van der Waals surface area contributed by atoms with Crippen molar-refractivity contribution in [2.45, 2.75) is 38.3 Å². The van der Waals surface area contributed by atoms with Crippen LogP contribution in [0.15, 0.2) is 30.3 Å². The van der Waals surface area contributed by atoms with E-state index >= 15 is 0 Å². The van der Waals surface area contributed by atoms with E-state index < -0.39 is 18.0 Å². The van der Waals surface area contributed by atoms with Crippen LogP contribution in [-0.2, 0) is 4.79 Å². The smallest absolute Gasteiger partial charge is 0.315 e. The summed E-state index contributed by atoms with van der Waals surface area (Å²) in [5.41, 5.74) is 0.750. The molecule has 2 amide bonds. The van der Waals surface area contributed by atoms with Crippen molar-refractivity contribution in [2.24, 2.45) is 0 Å². The number of amides is 2. The van der Waals surface area contributed by atoms with Gasteiger partial charge in [-0.25, -0.2) is 4.79 Å². The van der Waals surface area contributed by atoms with Crippen LogP contribution in [-0.4, -0.2) is 23.1 Å². The van der Waals surface area contributed by atoms with Gasteiger partial charge in [0.05, 0.1) is 12.5 Å². The summed E-state index contributed by atoms with van der Waals surface area (Å²) >= 11 is 0. The number of benzene rings is 1. The maximum atomic E-state index is 12.0. The van der Waals surface area contributed by atoms with Gasteiger partial charge in [0.2, 0.25) is 0 Å². The van der Waals surface area contributed by atoms with Crippen LogP contribution >= 0.6 is 0 Å². The maximum Gasteiger partial charge on any atom is 0.315 e. The first-order valence-electron chi connectivity index (χ1n) is 6.84. The Balaban J connectivity index is 2.71. The van der Waals surface area contributed by atoms with Gasteiger partial charge < -0.3 is 15.7 Å². The van der Waals surface area contributed by atoms with Crippen LogP contribution in [0.5, 0.6) is 0 Å². The van der Waals surface area contributed by atoms with E-state index in [1.54, 1.807) is 24.3 Å². The standard InChI is InChI=1S/C16H20N2O3/c1-3-8-13(4-2)17-16(21)18-14(11-15(19)20)12-9-6-5-7-10-12/h1,5-7,9-10,13-14H,4,8,11H2,2H3,(H,19,20)(H2,17,18,21). The van der Waals surface area contributed by atoms with E-state index in [1.807, 2.05) is 13.0 Å². The van der Waals surface area contributed by atoms with E-state index in [4.69, 9.17) is 11.5 Å². The van der Waals surface area contributed by atoms with Crippen LogP contribution in [0.25, 0.3) is 0 Å². The molecule has 0 fully saturated rings. The Hall–Kier alpha value is -2.48. The summed E-state index contributed by atoms with van der Waals surface area (Å²) in [7, 11) is 0. The molecular weight excluding hydrogens is 268 g/mol. The number of nitrogens with one attached hydrogen (secondary N) is 2. The number of carboxylic acid groups (broad SMARTS) is 1. The van der Waals surface area contributed by atoms with Crippen molar-refractivity contribution in [3.63, 3.8) is 0 Å². The molecule has 0 spiro atoms. The fraction of sp³-hybridized carbons (Fsp3) is 0.375. The van der Waals surface area contributed by atoms with E-state index in [0.717, 1.165) is 5.56 Å². The predicted molar refractivity (Wildman–Crippen MR) is 80.6 cm³/mol. The van der Waals surface area contributed by atoms with E-state index in [-0.39, 0.29) is 12.5 Å². The fourth-order valence-corrected chi connectivity index (χ4v) is 1.94. The highest BCUT2D eigenvalue weighted by molar-refractivity contribution is 5.76. The molecule has 2 unspecified atom stereocenters. The summed E-state index contributed by atoms with van der Waals surface area (Å²) in [5, 5.41) is 14.4. The van der Waals surface area contributed by atoms with Gasteiger partial charge in [0, 0.05) is 12.5 Å². The van der Waals surface area contributed by atoms with E-state index in [2.05, 4.69) is 16.6 Å². The van der Waals surface area contributed by atoms with Crippen molar-refractivity contribution in [2.75, 3.05) is 0 Å². The molecule has 0 aliphatic carbocycles. The fourth-order valence-electron chi connectivity index (χ4n) is 1.94. The molecule has 21 heavy (non-hydrogen) atoms. The molecule has 5 heteroatoms. The molecule has 0 aliphatic heterocycles. The van der Waals surface area contributed by atoms with Crippen LogP contribution in [0, 0.1) is 12.3 Å². The largest absolute Gasteiger partial charge is 0.481 e. The number of carbonyl (C=O) groups excluding carboxylic acids is 1. The highest BCUT2D eigenvalue weighted by Gasteiger charge is 2.19. The van der Waals surface area contributed by atoms with Crippen LogP contribution < -0.4 is 10.6 Å². The minimum absolute atomic E-state index is 0.115. The first-order valence-corrected chi connectivity index (χ1v) is 6.84. The average molecular weight is 288 g/mol. The average Bonchev–Trinajstić information content (AvgIpc) is 2.46. The number of rotatable bonds is 7. The number of carboxylic acids is 1. The number of aliphatic carboxylic acids is 1. The molecular formula is C16H20N2O3. The Labute approximate surface area is 124 Å². The van der Waals surface area contributed by atoms with E-state index in [0.29, 0.717) is 12.8 Å². The lowest BCUT2D eigenvalue weighted by molar-refractivity contribution is -0.137. The zero-order valence-corrected chi connectivity index (χ0v) is 12.0. The van der Waals surface area contributed by atoms with Crippen molar-refractivity contribution in [3.8, 4) is 12.3 Å². The lowest BCUT2D eigenvalue weighted by Crippen LogP contribution is -2.43. The number of hydrogen-bond donors (Lipinski definition) is 3. The van der Waals surface area contributed by atoms with Gasteiger partial charge in [0.25, 0.3) is 0 Å². The van der Waals surface area contributed by atoms with Gasteiger partial charge in [-0.05, 0) is 12.0 Å². The second kappa shape index (κ2) is 8.64. The summed E-state index contributed by atoms with van der Waals surface area (Å²) in [6, 6.07) is 7.91. The second-order valence-electron chi connectivity index (χ2n) is 4.69. The van der Waals surface area contributed by atoms with Gasteiger partial charge in [-0.3, -0.25) is 4.79 Å². The van der Waals surface area contributed by atoms with Gasteiger partial charge >= 0.3 is 12.0 Å². The first kappa shape index (κ1) is 16.6. The summed E-state index contributed by atoms with van der Waals surface area (Å²) in [6.45, 7) is 1.92. The minimum atomic E-state index is -0.972. The van der Waals surface area contributed by atoms with Gasteiger partial charge in [-0.15, -0.1) is 12.3 Å². The monoisotopic (exact) mass is 288 g/mol. The third-order valence-corrected chi connectivity index (χ3v) is 3.08. The summed E-state index contributed by atoms with van der Waals surface area (Å²) in [4.78, 5) is 22.9. The molecule has 1 aromatic rings. The van der Waals surface area contributed by atoms with Crippen LogP contribution in [0.3, 0.4) is 0 Å². The van der Waals surface area contributed by atoms with E-state index in [1.165, 1.54) is 0 Å². The molecule has 0 aromatic heterocycles. The quantitative estimate of drug-likeness (QED) is 0.674. The Bertz CT molecular complexity index is 508. The Morgan fingerprint density at radius 2 is 1.95 bits per heavy atom. The van der Waals surface area contributed by atoms with Gasteiger partial charge in [0.1, 0.15) is 0 Å². The lowest BCUT2D eigenvalue weighted by atomic mass is 10.0. The van der Waals surface area contributed by atoms with Crippen LogP contribution in [0.4, 0.5) is 4.79 Å². The van der Waals surface area contributed by atoms with Crippen LogP contribution in [0.2, 0.25) is 0 Å². The number of terminal acetylenes is 1.